The summed E-state index contributed by atoms with van der Waals surface area (Å²) >= 11 is 7.99. The van der Waals surface area contributed by atoms with Gasteiger partial charge >= 0.3 is 0 Å². The number of rotatable bonds is 8. The van der Waals surface area contributed by atoms with Gasteiger partial charge in [0, 0.05) is 29.4 Å². The SMILES string of the molecule is C[C@@H](Oc1cc(-c2cnc3ccc(C#N)cn23)sc1CC(N)=O)c1ccc(CN(C)C)cc1Cl. The minimum absolute atomic E-state index is 0.0579. The molecule has 0 radical (unpaired) electrons. The third kappa shape index (κ3) is 5.07. The number of nitriles is 1. The van der Waals surface area contributed by atoms with Crippen LogP contribution in [0.3, 0.4) is 0 Å². The van der Waals surface area contributed by atoms with E-state index in [9.17, 15) is 10.1 Å². The van der Waals surface area contributed by atoms with Crippen LogP contribution in [0.4, 0.5) is 0 Å². The van der Waals surface area contributed by atoms with Crippen molar-refractivity contribution >= 4 is 34.5 Å². The van der Waals surface area contributed by atoms with Gasteiger partial charge in [-0.1, -0.05) is 23.7 Å². The quantitative estimate of drug-likeness (QED) is 0.379. The minimum Gasteiger partial charge on any atom is -0.485 e. The van der Waals surface area contributed by atoms with E-state index < -0.39 is 5.91 Å². The van der Waals surface area contributed by atoms with Crippen LogP contribution in [0.2, 0.25) is 5.02 Å². The fourth-order valence-corrected chi connectivity index (χ4v) is 5.23. The van der Waals surface area contributed by atoms with Gasteiger partial charge < -0.3 is 15.4 Å². The predicted molar refractivity (Wildman–Crippen MR) is 134 cm³/mol. The van der Waals surface area contributed by atoms with Crippen LogP contribution in [0.25, 0.3) is 16.2 Å². The Hall–Kier alpha value is -3.38. The van der Waals surface area contributed by atoms with Crippen molar-refractivity contribution in [2.75, 3.05) is 14.1 Å². The summed E-state index contributed by atoms with van der Waals surface area (Å²) in [6, 6.07) is 13.5. The van der Waals surface area contributed by atoms with Crippen molar-refractivity contribution in [3.05, 3.63) is 75.4 Å². The topological polar surface area (TPSA) is 96.6 Å². The number of carbonyl (C=O) groups excluding carboxylic acids is 1. The first-order valence-corrected chi connectivity index (χ1v) is 11.8. The van der Waals surface area contributed by atoms with Gasteiger partial charge in [-0.15, -0.1) is 11.3 Å². The number of pyridine rings is 1. The highest BCUT2D eigenvalue weighted by atomic mass is 35.5. The van der Waals surface area contributed by atoms with Crippen molar-refractivity contribution in [2.24, 2.45) is 5.73 Å². The van der Waals surface area contributed by atoms with Gasteiger partial charge in [0.1, 0.15) is 23.6 Å². The third-order valence-electron chi connectivity index (χ3n) is 5.30. The highest BCUT2D eigenvalue weighted by molar-refractivity contribution is 7.15. The van der Waals surface area contributed by atoms with Gasteiger partial charge in [0.15, 0.2) is 0 Å². The molecule has 0 saturated heterocycles. The molecule has 0 fully saturated rings. The molecule has 34 heavy (non-hydrogen) atoms. The van der Waals surface area contributed by atoms with E-state index in [1.165, 1.54) is 11.3 Å². The van der Waals surface area contributed by atoms with Gasteiger partial charge in [0.25, 0.3) is 0 Å². The molecule has 9 heteroatoms. The lowest BCUT2D eigenvalue weighted by molar-refractivity contribution is -0.117. The fraction of sp³-hybridized carbons (Fsp3) is 0.240. The summed E-state index contributed by atoms with van der Waals surface area (Å²) in [5.41, 5.74) is 9.53. The Labute approximate surface area is 207 Å². The molecule has 2 N–H and O–H groups in total. The third-order valence-corrected chi connectivity index (χ3v) is 6.76. The molecule has 1 atom stereocenters. The maximum atomic E-state index is 11.7. The molecule has 174 valence electrons. The zero-order valence-electron chi connectivity index (χ0n) is 19.1. The first-order valence-electron chi connectivity index (χ1n) is 10.6. The van der Waals surface area contributed by atoms with Gasteiger partial charge in [0.2, 0.25) is 5.91 Å². The molecule has 0 spiro atoms. The smallest absolute Gasteiger partial charge is 0.222 e. The maximum absolute atomic E-state index is 11.7. The lowest BCUT2D eigenvalue weighted by atomic mass is 10.1. The second-order valence-corrected chi connectivity index (χ2v) is 9.84. The molecule has 0 unspecified atom stereocenters. The molecule has 0 aliphatic rings. The summed E-state index contributed by atoms with van der Waals surface area (Å²) in [7, 11) is 4.01. The molecule has 3 heterocycles. The Morgan fingerprint density at radius 3 is 2.79 bits per heavy atom. The number of carbonyl (C=O) groups is 1. The summed E-state index contributed by atoms with van der Waals surface area (Å²) in [6.07, 6.45) is 3.19. The van der Waals surface area contributed by atoms with Crippen molar-refractivity contribution < 1.29 is 9.53 Å². The van der Waals surface area contributed by atoms with Crippen LogP contribution >= 0.6 is 22.9 Å². The van der Waals surface area contributed by atoms with Crippen molar-refractivity contribution in [3.8, 4) is 22.4 Å². The lowest BCUT2D eigenvalue weighted by Gasteiger charge is -2.18. The molecule has 4 aromatic rings. The predicted octanol–water partition coefficient (Wildman–Crippen LogP) is 4.82. The van der Waals surface area contributed by atoms with Gasteiger partial charge in [-0.05, 0) is 44.8 Å². The van der Waals surface area contributed by atoms with Crippen molar-refractivity contribution in [2.45, 2.75) is 26.0 Å². The van der Waals surface area contributed by atoms with Crippen LogP contribution in [0.5, 0.6) is 5.75 Å². The second kappa shape index (κ2) is 9.85. The van der Waals surface area contributed by atoms with Crippen molar-refractivity contribution in [1.82, 2.24) is 14.3 Å². The van der Waals surface area contributed by atoms with Crippen LogP contribution in [-0.4, -0.2) is 34.3 Å². The summed E-state index contributed by atoms with van der Waals surface area (Å²) in [4.78, 5) is 19.8. The summed E-state index contributed by atoms with van der Waals surface area (Å²) in [5.74, 6) is 0.132. The molecule has 4 rings (SSSR count). The Kier molecular flexibility index (Phi) is 6.89. The monoisotopic (exact) mass is 493 g/mol. The average molecular weight is 494 g/mol. The van der Waals surface area contributed by atoms with Crippen LogP contribution in [0, 0.1) is 11.3 Å². The van der Waals surface area contributed by atoms with Crippen LogP contribution in [0.15, 0.2) is 48.8 Å². The van der Waals surface area contributed by atoms with Gasteiger partial charge in [0.05, 0.1) is 33.6 Å². The molecule has 0 bridgehead atoms. The molecule has 0 saturated carbocycles. The molecular formula is C25H24ClN5O2S. The maximum Gasteiger partial charge on any atom is 0.222 e. The number of nitrogens with zero attached hydrogens (tertiary/aromatic N) is 4. The van der Waals surface area contributed by atoms with E-state index in [1.807, 2.05) is 49.7 Å². The fourth-order valence-electron chi connectivity index (χ4n) is 3.77. The minimum atomic E-state index is -0.443. The molecule has 0 aliphatic carbocycles. The van der Waals surface area contributed by atoms with E-state index in [2.05, 4.69) is 16.0 Å². The number of ether oxygens (including phenoxy) is 1. The Bertz CT molecular complexity index is 1400. The molecule has 1 aromatic carbocycles. The second-order valence-electron chi connectivity index (χ2n) is 8.30. The number of halogens is 1. The lowest BCUT2D eigenvalue weighted by Crippen LogP contribution is -2.14. The molecule has 0 aliphatic heterocycles. The largest absolute Gasteiger partial charge is 0.485 e. The number of hydrogen-bond acceptors (Lipinski definition) is 6. The number of thiophene rings is 1. The van der Waals surface area contributed by atoms with Gasteiger partial charge in [-0.2, -0.15) is 5.26 Å². The van der Waals surface area contributed by atoms with E-state index in [0.717, 1.165) is 38.8 Å². The van der Waals surface area contributed by atoms with Crippen molar-refractivity contribution in [3.63, 3.8) is 0 Å². The molecule has 3 aromatic heterocycles. The normalized spacial score (nSPS) is 12.1. The molecular weight excluding hydrogens is 470 g/mol. The molecule has 7 nitrogen and oxygen atoms in total. The Morgan fingerprint density at radius 1 is 1.32 bits per heavy atom. The number of fused-ring (bicyclic) bond motifs is 1. The standard InChI is InChI=1S/C25H24ClN5O2S/c1-15(18-6-4-16(8-19(18)26)13-30(2)3)33-21-9-22(34-23(21)10-24(28)32)20-12-29-25-7-5-17(11-27)14-31(20)25/h4-9,12,14-15H,10,13H2,1-3H3,(H2,28,32)/t15-/m1/s1. The number of imidazole rings is 1. The van der Waals surface area contributed by atoms with Gasteiger partial charge in [-0.3, -0.25) is 9.20 Å². The van der Waals surface area contributed by atoms with Crippen LogP contribution in [0.1, 0.15) is 34.6 Å². The van der Waals surface area contributed by atoms with E-state index >= 15 is 0 Å². The van der Waals surface area contributed by atoms with E-state index in [4.69, 9.17) is 22.1 Å². The Morgan fingerprint density at radius 2 is 2.12 bits per heavy atom. The summed E-state index contributed by atoms with van der Waals surface area (Å²) in [5, 5.41) is 9.90. The van der Waals surface area contributed by atoms with Crippen molar-refractivity contribution in [1.29, 1.82) is 5.26 Å². The van der Waals surface area contributed by atoms with E-state index in [-0.39, 0.29) is 12.5 Å². The number of aromatic nitrogens is 2. The average Bonchev–Trinajstić information content (AvgIpc) is 3.36. The highest BCUT2D eigenvalue weighted by Gasteiger charge is 2.20. The van der Waals surface area contributed by atoms with Crippen LogP contribution in [-0.2, 0) is 17.8 Å². The number of amides is 1. The number of nitrogens with two attached hydrogens (primary N) is 1. The number of hydrogen-bond donors (Lipinski definition) is 1. The van der Waals surface area contributed by atoms with Crippen LogP contribution < -0.4 is 10.5 Å². The zero-order chi connectivity index (χ0) is 24.4. The van der Waals surface area contributed by atoms with E-state index in [1.54, 1.807) is 24.5 Å². The summed E-state index contributed by atoms with van der Waals surface area (Å²) in [6.45, 7) is 2.71. The van der Waals surface area contributed by atoms with E-state index in [0.29, 0.717) is 16.3 Å². The molecule has 1 amide bonds. The first-order chi connectivity index (χ1) is 16.2. The Balaban J connectivity index is 1.67. The zero-order valence-corrected chi connectivity index (χ0v) is 20.7. The van der Waals surface area contributed by atoms with Gasteiger partial charge in [-0.25, -0.2) is 4.98 Å². The first kappa shape index (κ1) is 23.8. The number of primary amides is 1. The summed E-state index contributed by atoms with van der Waals surface area (Å²) < 4.78 is 8.15. The highest BCUT2D eigenvalue weighted by Crippen LogP contribution is 2.39. The number of benzene rings is 1.